The van der Waals surface area contributed by atoms with Crippen molar-refractivity contribution in [3.05, 3.63) is 54.4 Å². The second kappa shape index (κ2) is 7.92. The van der Waals surface area contributed by atoms with Gasteiger partial charge >= 0.3 is 0 Å². The number of hydrogen-bond donors (Lipinski definition) is 1. The normalized spacial score (nSPS) is 9.71. The third-order valence-electron chi connectivity index (χ3n) is 1.52. The lowest BCUT2D eigenvalue weighted by molar-refractivity contribution is 1.29. The molecule has 0 bridgehead atoms. The minimum atomic E-state index is 1.02. The first-order valence-corrected chi connectivity index (χ1v) is 4.37. The number of rotatable bonds is 2. The van der Waals surface area contributed by atoms with E-state index in [1.165, 1.54) is 11.8 Å². The number of aromatic nitrogens is 1. The van der Waals surface area contributed by atoms with Crippen molar-refractivity contribution >= 4 is 6.21 Å². The van der Waals surface area contributed by atoms with E-state index < -0.39 is 0 Å². The van der Waals surface area contributed by atoms with Gasteiger partial charge in [0, 0.05) is 18.6 Å². The summed E-state index contributed by atoms with van der Waals surface area (Å²) in [6.07, 6.45) is 8.22. The fourth-order valence-electron chi connectivity index (χ4n) is 0.626. The van der Waals surface area contributed by atoms with E-state index in [4.69, 9.17) is 5.41 Å². The van der Waals surface area contributed by atoms with Gasteiger partial charge in [-0.15, -0.1) is 0 Å². The van der Waals surface area contributed by atoms with Crippen LogP contribution in [0, 0.1) is 12.3 Å². The van der Waals surface area contributed by atoms with E-state index in [-0.39, 0.29) is 0 Å². The fourth-order valence-corrected chi connectivity index (χ4v) is 0.626. The van der Waals surface area contributed by atoms with E-state index in [2.05, 4.69) is 11.6 Å². The minimum Gasteiger partial charge on any atom is -0.309 e. The van der Waals surface area contributed by atoms with Gasteiger partial charge in [-0.3, -0.25) is 4.98 Å². The first-order valence-electron chi connectivity index (χ1n) is 4.37. The molecule has 0 aliphatic heterocycles. The van der Waals surface area contributed by atoms with Gasteiger partial charge < -0.3 is 5.41 Å². The summed E-state index contributed by atoms with van der Waals surface area (Å²) in [7, 11) is 0. The van der Waals surface area contributed by atoms with Gasteiger partial charge in [-0.25, -0.2) is 0 Å². The zero-order valence-electron chi connectivity index (χ0n) is 8.70. The number of nitrogens with one attached hydrogen (secondary N) is 1. The maximum Gasteiger partial charge on any atom is 0.0270 e. The molecule has 0 saturated heterocycles. The molecule has 0 spiro atoms. The van der Waals surface area contributed by atoms with Crippen molar-refractivity contribution in [3.8, 4) is 0 Å². The molecule has 0 atom stereocenters. The molecular formula is C12H16N2. The molecule has 1 heterocycles. The van der Waals surface area contributed by atoms with Gasteiger partial charge in [0.2, 0.25) is 0 Å². The molecule has 0 radical (unpaired) electrons. The van der Waals surface area contributed by atoms with Crippen molar-refractivity contribution in [3.63, 3.8) is 0 Å². The Kier molecular flexibility index (Phi) is 6.96. The predicted molar refractivity (Wildman–Crippen MR) is 61.7 cm³/mol. The van der Waals surface area contributed by atoms with Crippen molar-refractivity contribution in [2.24, 2.45) is 0 Å². The molecule has 1 aromatic heterocycles. The molecule has 0 aliphatic carbocycles. The van der Waals surface area contributed by atoms with Crippen LogP contribution in [0.3, 0.4) is 0 Å². The monoisotopic (exact) mass is 188 g/mol. The van der Waals surface area contributed by atoms with Crippen molar-refractivity contribution in [1.82, 2.24) is 4.98 Å². The fraction of sp³-hybridized carbons (Fsp3) is 0.167. The van der Waals surface area contributed by atoms with Crippen LogP contribution in [0.4, 0.5) is 0 Å². The topological polar surface area (TPSA) is 36.7 Å². The molecule has 14 heavy (non-hydrogen) atoms. The van der Waals surface area contributed by atoms with Crippen LogP contribution in [-0.2, 0) is 0 Å². The predicted octanol–water partition coefficient (Wildman–Crippen LogP) is 3.16. The molecule has 0 amide bonds. The van der Waals surface area contributed by atoms with E-state index in [0.29, 0.717) is 0 Å². The lowest BCUT2D eigenvalue weighted by Gasteiger charge is -1.82. The number of pyridine rings is 1. The summed E-state index contributed by atoms with van der Waals surface area (Å²) in [5.74, 6) is 0. The molecule has 74 valence electrons. The summed E-state index contributed by atoms with van der Waals surface area (Å²) in [6.45, 7) is 7.45. The van der Waals surface area contributed by atoms with Crippen molar-refractivity contribution in [2.45, 2.75) is 13.8 Å². The standard InChI is InChI=1S/C6H7N.C6H9N/c1-6-2-4-7-5-3-6;1-3-6(2)4-5-7/h2-5H,1H3;3-5,7H,1H2,2H3/b;6-4-,7-5?. The van der Waals surface area contributed by atoms with Gasteiger partial charge in [-0.1, -0.05) is 18.2 Å². The molecule has 2 heteroatoms. The Morgan fingerprint density at radius 1 is 1.43 bits per heavy atom. The summed E-state index contributed by atoms with van der Waals surface area (Å²) in [6, 6.07) is 3.94. The Balaban J connectivity index is 0.000000241. The Labute approximate surface area is 85.5 Å². The zero-order valence-corrected chi connectivity index (χ0v) is 8.70. The molecule has 0 unspecified atom stereocenters. The van der Waals surface area contributed by atoms with Gasteiger partial charge in [-0.2, -0.15) is 0 Å². The van der Waals surface area contributed by atoms with E-state index in [0.717, 1.165) is 5.57 Å². The van der Waals surface area contributed by atoms with Crippen LogP contribution in [0.25, 0.3) is 0 Å². The number of allylic oxidation sites excluding steroid dienone is 3. The van der Waals surface area contributed by atoms with Gasteiger partial charge in [0.15, 0.2) is 0 Å². The third kappa shape index (κ3) is 6.98. The smallest absolute Gasteiger partial charge is 0.0270 e. The molecule has 2 nitrogen and oxygen atoms in total. The second-order valence-corrected chi connectivity index (χ2v) is 2.81. The van der Waals surface area contributed by atoms with E-state index in [1.807, 2.05) is 26.0 Å². The average molecular weight is 188 g/mol. The summed E-state index contributed by atoms with van der Waals surface area (Å²) in [5, 5.41) is 6.59. The van der Waals surface area contributed by atoms with Gasteiger partial charge in [0.25, 0.3) is 0 Å². The zero-order chi connectivity index (χ0) is 10.8. The lowest BCUT2D eigenvalue weighted by Crippen LogP contribution is -1.68. The molecule has 0 fully saturated rings. The highest BCUT2D eigenvalue weighted by Gasteiger charge is 1.73. The van der Waals surface area contributed by atoms with Crippen LogP contribution in [0.2, 0.25) is 0 Å². The van der Waals surface area contributed by atoms with Gasteiger partial charge in [0.05, 0.1) is 0 Å². The highest BCUT2D eigenvalue weighted by molar-refractivity contribution is 5.69. The molecule has 1 aromatic rings. The van der Waals surface area contributed by atoms with Crippen LogP contribution in [0.15, 0.2) is 48.8 Å². The van der Waals surface area contributed by atoms with Gasteiger partial charge in [0.1, 0.15) is 0 Å². The molecule has 1 rings (SSSR count). The largest absolute Gasteiger partial charge is 0.309 e. The Bertz CT molecular complexity index is 299. The number of aryl methyl sites for hydroxylation is 1. The first kappa shape index (κ1) is 12.3. The quantitative estimate of drug-likeness (QED) is 0.561. The maximum atomic E-state index is 6.59. The SMILES string of the molecule is C=C/C(C)=C\C=N.Cc1ccncc1. The van der Waals surface area contributed by atoms with E-state index in [9.17, 15) is 0 Å². The Morgan fingerprint density at radius 2 is 2.00 bits per heavy atom. The Hall–Kier alpha value is -1.70. The van der Waals surface area contributed by atoms with Crippen molar-refractivity contribution < 1.29 is 0 Å². The van der Waals surface area contributed by atoms with Crippen LogP contribution in [0.5, 0.6) is 0 Å². The first-order chi connectivity index (χ1) is 6.70. The average Bonchev–Trinajstić information content (AvgIpc) is 2.20. The molecule has 0 aromatic carbocycles. The highest BCUT2D eigenvalue weighted by Crippen LogP contribution is 1.88. The minimum absolute atomic E-state index is 1.02. The van der Waals surface area contributed by atoms with Crippen LogP contribution >= 0.6 is 0 Å². The second-order valence-electron chi connectivity index (χ2n) is 2.81. The molecule has 0 saturated carbocycles. The lowest BCUT2D eigenvalue weighted by atomic mass is 10.3. The molecular weight excluding hydrogens is 172 g/mol. The summed E-state index contributed by atoms with van der Waals surface area (Å²) in [5.41, 5.74) is 2.28. The van der Waals surface area contributed by atoms with E-state index in [1.54, 1.807) is 24.5 Å². The van der Waals surface area contributed by atoms with Crippen molar-refractivity contribution in [2.75, 3.05) is 0 Å². The Morgan fingerprint density at radius 3 is 2.21 bits per heavy atom. The van der Waals surface area contributed by atoms with Crippen LogP contribution < -0.4 is 0 Å². The van der Waals surface area contributed by atoms with Crippen LogP contribution in [0.1, 0.15) is 12.5 Å². The van der Waals surface area contributed by atoms with E-state index >= 15 is 0 Å². The summed E-state index contributed by atoms with van der Waals surface area (Å²) < 4.78 is 0. The highest BCUT2D eigenvalue weighted by atomic mass is 14.6. The number of nitrogens with zero attached hydrogens (tertiary/aromatic N) is 1. The number of hydrogen-bond acceptors (Lipinski definition) is 2. The summed E-state index contributed by atoms with van der Waals surface area (Å²) >= 11 is 0. The maximum absolute atomic E-state index is 6.59. The van der Waals surface area contributed by atoms with Crippen molar-refractivity contribution in [1.29, 1.82) is 5.41 Å². The van der Waals surface area contributed by atoms with Gasteiger partial charge in [-0.05, 0) is 37.6 Å². The third-order valence-corrected chi connectivity index (χ3v) is 1.52. The molecule has 0 aliphatic rings. The summed E-state index contributed by atoms with van der Waals surface area (Å²) in [4.78, 5) is 3.85. The molecule has 1 N–H and O–H groups in total. The van der Waals surface area contributed by atoms with Crippen LogP contribution in [-0.4, -0.2) is 11.2 Å².